The molecule has 0 radical (unpaired) electrons. The summed E-state index contributed by atoms with van der Waals surface area (Å²) in [6.45, 7) is 3.10. The van der Waals surface area contributed by atoms with Crippen molar-refractivity contribution in [2.24, 2.45) is 0 Å². The Morgan fingerprint density at radius 3 is 2.60 bits per heavy atom. The fourth-order valence-corrected chi connectivity index (χ4v) is 4.98. The average Bonchev–Trinajstić information content (AvgIpc) is 3.44. The molecule has 0 bridgehead atoms. The van der Waals surface area contributed by atoms with Gasteiger partial charge in [0.2, 0.25) is 5.95 Å². The standard InChI is InChI=1S/C25H28N8O2/c1-25(35)15-31(16-25)19-9-11-33-22(13-19)29-24(30-33)28-18-6-5-17(12-18)27-21-8-7-20(14-26-21)32-10-3-2-4-23(32)34/h2-4,7-11,13-14,17-18,35H,5-6,12,15-16H2,1H3,(H,26,27)(H,28,30)/t17-,18-/m0/s1. The highest BCUT2D eigenvalue weighted by atomic mass is 16.3. The van der Waals surface area contributed by atoms with Gasteiger partial charge in [0, 0.05) is 55.4 Å². The number of aromatic nitrogens is 5. The molecule has 6 rings (SSSR count). The van der Waals surface area contributed by atoms with Gasteiger partial charge in [-0.15, -0.1) is 5.10 Å². The van der Waals surface area contributed by atoms with Crippen LogP contribution in [0.5, 0.6) is 0 Å². The van der Waals surface area contributed by atoms with E-state index in [1.807, 2.05) is 43.5 Å². The van der Waals surface area contributed by atoms with E-state index in [4.69, 9.17) is 0 Å². The number of β-amino-alcohol motifs (C(OH)–C–C–N with tert-alkyl or cyclic N) is 1. The number of hydrogen-bond acceptors (Lipinski definition) is 8. The Balaban J connectivity index is 1.06. The predicted molar refractivity (Wildman–Crippen MR) is 134 cm³/mol. The number of hydrogen-bond donors (Lipinski definition) is 3. The quantitative estimate of drug-likeness (QED) is 0.392. The first-order valence-electron chi connectivity index (χ1n) is 11.9. The van der Waals surface area contributed by atoms with Crippen molar-refractivity contribution in [3.63, 3.8) is 0 Å². The van der Waals surface area contributed by atoms with E-state index in [0.717, 1.165) is 42.1 Å². The lowest BCUT2D eigenvalue weighted by atomic mass is 9.96. The van der Waals surface area contributed by atoms with Crippen molar-refractivity contribution in [2.45, 2.75) is 43.9 Å². The Kier molecular flexibility index (Phi) is 5.18. The van der Waals surface area contributed by atoms with E-state index < -0.39 is 5.60 Å². The largest absolute Gasteiger partial charge is 0.386 e. The summed E-state index contributed by atoms with van der Waals surface area (Å²) in [6.07, 6.45) is 8.33. The summed E-state index contributed by atoms with van der Waals surface area (Å²) in [7, 11) is 0. The smallest absolute Gasteiger partial charge is 0.255 e. The van der Waals surface area contributed by atoms with Crippen LogP contribution in [0.4, 0.5) is 17.5 Å². The molecule has 4 aromatic heterocycles. The molecule has 5 heterocycles. The van der Waals surface area contributed by atoms with Gasteiger partial charge < -0.3 is 20.6 Å². The van der Waals surface area contributed by atoms with Crippen molar-refractivity contribution < 1.29 is 5.11 Å². The van der Waals surface area contributed by atoms with E-state index in [9.17, 15) is 9.90 Å². The first kappa shape index (κ1) is 21.6. The highest BCUT2D eigenvalue weighted by Crippen LogP contribution is 2.29. The molecule has 1 aliphatic heterocycles. The van der Waals surface area contributed by atoms with Crippen LogP contribution in [0.2, 0.25) is 0 Å². The van der Waals surface area contributed by atoms with Gasteiger partial charge in [0.1, 0.15) is 5.82 Å². The Morgan fingerprint density at radius 1 is 1.03 bits per heavy atom. The Hall–Kier alpha value is -3.92. The maximum Gasteiger partial charge on any atom is 0.255 e. The van der Waals surface area contributed by atoms with E-state index in [-0.39, 0.29) is 11.6 Å². The lowest BCUT2D eigenvalue weighted by molar-refractivity contribution is 0.0310. The molecule has 2 aliphatic rings. The van der Waals surface area contributed by atoms with E-state index in [1.165, 1.54) is 6.07 Å². The molecule has 1 saturated heterocycles. The van der Waals surface area contributed by atoms with Crippen LogP contribution >= 0.6 is 0 Å². The number of fused-ring (bicyclic) bond motifs is 1. The van der Waals surface area contributed by atoms with E-state index >= 15 is 0 Å². The molecule has 4 aromatic rings. The minimum atomic E-state index is -0.613. The zero-order valence-corrected chi connectivity index (χ0v) is 19.5. The Morgan fingerprint density at radius 2 is 1.86 bits per heavy atom. The Bertz CT molecular complexity index is 1400. The molecule has 2 atom stereocenters. The van der Waals surface area contributed by atoms with Crippen molar-refractivity contribution >= 4 is 23.1 Å². The van der Waals surface area contributed by atoms with Gasteiger partial charge >= 0.3 is 0 Å². The molecule has 180 valence electrons. The summed E-state index contributed by atoms with van der Waals surface area (Å²) in [5.41, 5.74) is 1.88. The zero-order chi connectivity index (χ0) is 24.0. The van der Waals surface area contributed by atoms with Crippen LogP contribution in [0.3, 0.4) is 0 Å². The number of nitrogens with one attached hydrogen (secondary N) is 2. The molecule has 0 spiro atoms. The second-order valence-electron chi connectivity index (χ2n) is 9.78. The molecule has 35 heavy (non-hydrogen) atoms. The van der Waals surface area contributed by atoms with Gasteiger partial charge in [-0.1, -0.05) is 6.07 Å². The van der Waals surface area contributed by atoms with E-state index in [1.54, 1.807) is 27.5 Å². The number of pyridine rings is 3. The second kappa shape index (κ2) is 8.38. The summed E-state index contributed by atoms with van der Waals surface area (Å²) in [4.78, 5) is 23.3. The summed E-state index contributed by atoms with van der Waals surface area (Å²) in [5, 5.41) is 21.6. The fraction of sp³-hybridized carbons (Fsp3) is 0.360. The topological polar surface area (TPSA) is 113 Å². The van der Waals surface area contributed by atoms with Gasteiger partial charge in [0.15, 0.2) is 5.65 Å². The van der Waals surface area contributed by atoms with Crippen LogP contribution < -0.4 is 21.1 Å². The van der Waals surface area contributed by atoms with E-state index in [2.05, 4.69) is 30.6 Å². The molecule has 0 amide bonds. The minimum Gasteiger partial charge on any atom is -0.386 e. The number of rotatable bonds is 6. The molecule has 1 saturated carbocycles. The summed E-state index contributed by atoms with van der Waals surface area (Å²) < 4.78 is 3.35. The Labute approximate surface area is 202 Å². The van der Waals surface area contributed by atoms with E-state index in [0.29, 0.717) is 25.1 Å². The number of nitrogens with zero attached hydrogens (tertiary/aromatic N) is 6. The SMILES string of the molecule is CC1(O)CN(c2ccn3nc(N[C@H]4CC[C@H](Nc5ccc(-n6ccccc6=O)cn5)C4)nc3c2)C1. The van der Waals surface area contributed by atoms with Gasteiger partial charge in [0.05, 0.1) is 17.5 Å². The van der Waals surface area contributed by atoms with Gasteiger partial charge in [-0.2, -0.15) is 4.98 Å². The third kappa shape index (κ3) is 4.44. The predicted octanol–water partition coefficient (Wildman–Crippen LogP) is 2.29. The summed E-state index contributed by atoms with van der Waals surface area (Å²) in [6, 6.07) is 13.5. The molecule has 10 nitrogen and oxygen atoms in total. The number of anilines is 3. The highest BCUT2D eigenvalue weighted by molar-refractivity contribution is 5.59. The van der Waals surface area contributed by atoms with Crippen molar-refractivity contribution in [2.75, 3.05) is 28.6 Å². The summed E-state index contributed by atoms with van der Waals surface area (Å²) >= 11 is 0. The van der Waals surface area contributed by atoms with Crippen LogP contribution in [-0.4, -0.2) is 60.0 Å². The van der Waals surface area contributed by atoms with Gasteiger partial charge in [-0.25, -0.2) is 9.50 Å². The highest BCUT2D eigenvalue weighted by Gasteiger charge is 2.36. The van der Waals surface area contributed by atoms with Crippen LogP contribution in [0.1, 0.15) is 26.2 Å². The molecule has 0 unspecified atom stereocenters. The van der Waals surface area contributed by atoms with Crippen molar-refractivity contribution in [3.8, 4) is 5.69 Å². The average molecular weight is 473 g/mol. The van der Waals surface area contributed by atoms with Crippen molar-refractivity contribution in [1.82, 2.24) is 24.1 Å². The third-order valence-corrected chi connectivity index (χ3v) is 6.72. The van der Waals surface area contributed by atoms with Crippen LogP contribution in [0.15, 0.2) is 65.8 Å². The van der Waals surface area contributed by atoms with Crippen LogP contribution in [0.25, 0.3) is 11.3 Å². The fourth-order valence-electron chi connectivity index (χ4n) is 4.98. The molecule has 3 N–H and O–H groups in total. The molecule has 0 aromatic carbocycles. The lowest BCUT2D eigenvalue weighted by Crippen LogP contribution is -2.60. The molecule has 1 aliphatic carbocycles. The van der Waals surface area contributed by atoms with Crippen molar-refractivity contribution in [3.05, 3.63) is 71.4 Å². The van der Waals surface area contributed by atoms with Crippen LogP contribution in [-0.2, 0) is 0 Å². The third-order valence-electron chi connectivity index (χ3n) is 6.72. The maximum atomic E-state index is 12.0. The molecular formula is C25H28N8O2. The lowest BCUT2D eigenvalue weighted by Gasteiger charge is -2.45. The number of aliphatic hydroxyl groups is 1. The maximum absolute atomic E-state index is 12.0. The minimum absolute atomic E-state index is 0.0785. The normalized spacial score (nSPS) is 21.1. The van der Waals surface area contributed by atoms with Crippen molar-refractivity contribution in [1.29, 1.82) is 0 Å². The molecular weight excluding hydrogens is 444 g/mol. The van der Waals surface area contributed by atoms with Crippen LogP contribution in [0, 0.1) is 0 Å². The first-order valence-corrected chi connectivity index (χ1v) is 11.9. The molecule has 2 fully saturated rings. The monoisotopic (exact) mass is 472 g/mol. The van der Waals surface area contributed by atoms with Gasteiger partial charge in [-0.3, -0.25) is 9.36 Å². The molecule has 10 heteroatoms. The second-order valence-corrected chi connectivity index (χ2v) is 9.78. The first-order chi connectivity index (χ1) is 16.9. The zero-order valence-electron chi connectivity index (χ0n) is 19.5. The van der Waals surface area contributed by atoms with Gasteiger partial charge in [-0.05, 0) is 50.5 Å². The van der Waals surface area contributed by atoms with Gasteiger partial charge in [0.25, 0.3) is 5.56 Å². The summed E-state index contributed by atoms with van der Waals surface area (Å²) in [5.74, 6) is 1.42.